The molecule has 0 aliphatic carbocycles. The monoisotopic (exact) mass is 426 g/mol. The molecule has 0 unspecified atom stereocenters. The highest BCUT2D eigenvalue weighted by Crippen LogP contribution is 2.23. The van der Waals surface area contributed by atoms with Gasteiger partial charge in [-0.2, -0.15) is 9.97 Å². The van der Waals surface area contributed by atoms with Gasteiger partial charge in [-0.15, -0.1) is 0 Å². The van der Waals surface area contributed by atoms with Gasteiger partial charge in [0, 0.05) is 52.0 Å². The highest BCUT2D eigenvalue weighted by Gasteiger charge is 2.17. The minimum absolute atomic E-state index is 0.0301. The van der Waals surface area contributed by atoms with Gasteiger partial charge in [0.15, 0.2) is 17.0 Å². The molecule has 4 N–H and O–H groups in total. The minimum atomic E-state index is 0.0301. The fraction of sp³-hybridized carbons (Fsp3) is 0.476. The van der Waals surface area contributed by atoms with Crippen LogP contribution in [0.4, 0.5) is 17.5 Å². The largest absolute Gasteiger partial charge is 0.399 e. The highest BCUT2D eigenvalue weighted by molar-refractivity contribution is 5.84. The number of aliphatic hydroxyl groups is 1. The maximum Gasteiger partial charge on any atom is 0.229 e. The molecule has 31 heavy (non-hydrogen) atoms. The summed E-state index contributed by atoms with van der Waals surface area (Å²) in [5, 5.41) is 12.7. The van der Waals surface area contributed by atoms with Gasteiger partial charge in [0.1, 0.15) is 0 Å². The smallest absolute Gasteiger partial charge is 0.229 e. The Kier molecular flexibility index (Phi) is 6.80. The van der Waals surface area contributed by atoms with Crippen LogP contribution in [-0.2, 0) is 17.8 Å². The van der Waals surface area contributed by atoms with E-state index in [0.29, 0.717) is 24.9 Å². The summed E-state index contributed by atoms with van der Waals surface area (Å²) in [5.41, 5.74) is 9.13. The number of nitrogens with zero attached hydrogens (tertiary/aromatic N) is 6. The second kappa shape index (κ2) is 9.90. The summed E-state index contributed by atoms with van der Waals surface area (Å²) >= 11 is 0. The predicted octanol–water partition coefficient (Wildman–Crippen LogP) is 0.781. The standard InChI is InChI=1S/C21H30N8O2/c1-27(8-11-30)21-25-19(23-14-16-2-4-17(22)5-3-16)18-20(26-21)29(15-24-18)7-6-28-9-12-31-13-10-28/h2-5,15,30H,6-14,22H2,1H3,(H,23,25,26). The SMILES string of the molecule is CN(CCO)c1nc(NCc2ccc(N)cc2)c2ncn(CCN3CCOCC3)c2n1. The molecule has 1 fully saturated rings. The molecular weight excluding hydrogens is 396 g/mol. The third-order valence-corrected chi connectivity index (χ3v) is 5.43. The second-order valence-corrected chi connectivity index (χ2v) is 7.68. The van der Waals surface area contributed by atoms with Crippen LogP contribution in [0.15, 0.2) is 30.6 Å². The van der Waals surface area contributed by atoms with Crippen LogP contribution in [0.1, 0.15) is 5.56 Å². The van der Waals surface area contributed by atoms with Gasteiger partial charge in [0.05, 0.1) is 26.1 Å². The Morgan fingerprint density at radius 2 is 1.94 bits per heavy atom. The summed E-state index contributed by atoms with van der Waals surface area (Å²) in [6.45, 7) is 6.22. The molecular formula is C21H30N8O2. The topological polar surface area (TPSA) is 118 Å². The van der Waals surface area contributed by atoms with E-state index in [1.54, 1.807) is 0 Å². The molecule has 3 aromatic rings. The first-order valence-corrected chi connectivity index (χ1v) is 10.6. The van der Waals surface area contributed by atoms with Crippen LogP contribution >= 0.6 is 0 Å². The van der Waals surface area contributed by atoms with Crippen molar-refractivity contribution in [1.82, 2.24) is 24.4 Å². The molecule has 4 rings (SSSR count). The van der Waals surface area contributed by atoms with E-state index in [-0.39, 0.29) is 6.61 Å². The molecule has 3 heterocycles. The molecule has 1 aromatic carbocycles. The fourth-order valence-electron chi connectivity index (χ4n) is 3.54. The maximum absolute atomic E-state index is 9.34. The van der Waals surface area contributed by atoms with E-state index < -0.39 is 0 Å². The average molecular weight is 427 g/mol. The van der Waals surface area contributed by atoms with Crippen molar-refractivity contribution in [1.29, 1.82) is 0 Å². The van der Waals surface area contributed by atoms with Gasteiger partial charge in [0.25, 0.3) is 0 Å². The van der Waals surface area contributed by atoms with Crippen LogP contribution in [0.2, 0.25) is 0 Å². The van der Waals surface area contributed by atoms with Crippen LogP contribution in [-0.4, -0.2) is 82.6 Å². The zero-order valence-corrected chi connectivity index (χ0v) is 17.9. The number of nitrogen functional groups attached to an aromatic ring is 1. The zero-order valence-electron chi connectivity index (χ0n) is 17.9. The van der Waals surface area contributed by atoms with Crippen molar-refractivity contribution in [2.75, 3.05) is 69.0 Å². The lowest BCUT2D eigenvalue weighted by Crippen LogP contribution is -2.38. The fourth-order valence-corrected chi connectivity index (χ4v) is 3.54. The van der Waals surface area contributed by atoms with Crippen LogP contribution in [0.3, 0.4) is 0 Å². The Morgan fingerprint density at radius 1 is 1.16 bits per heavy atom. The number of fused-ring (bicyclic) bond motifs is 1. The number of benzene rings is 1. The van der Waals surface area contributed by atoms with Crippen molar-refractivity contribution in [3.8, 4) is 0 Å². The number of rotatable bonds is 9. The number of aliphatic hydroxyl groups excluding tert-OH is 1. The van der Waals surface area contributed by atoms with Crippen molar-refractivity contribution >= 4 is 28.6 Å². The number of nitrogens with one attached hydrogen (secondary N) is 1. The summed E-state index contributed by atoms with van der Waals surface area (Å²) in [6, 6.07) is 7.74. The molecule has 10 nitrogen and oxygen atoms in total. The Bertz CT molecular complexity index is 985. The first-order chi connectivity index (χ1) is 15.1. The molecule has 2 aromatic heterocycles. The molecule has 166 valence electrons. The number of likely N-dealkylation sites (N-methyl/N-ethyl adjacent to an activating group) is 1. The average Bonchev–Trinajstić information content (AvgIpc) is 3.21. The predicted molar refractivity (Wildman–Crippen MR) is 121 cm³/mol. The van der Waals surface area contributed by atoms with Gasteiger partial charge in [0.2, 0.25) is 5.95 Å². The summed E-state index contributed by atoms with van der Waals surface area (Å²) in [6.07, 6.45) is 1.82. The third kappa shape index (κ3) is 5.22. The van der Waals surface area contributed by atoms with E-state index in [9.17, 15) is 5.11 Å². The molecule has 1 saturated heterocycles. The van der Waals surface area contributed by atoms with Crippen LogP contribution in [0.25, 0.3) is 11.2 Å². The van der Waals surface area contributed by atoms with Crippen molar-refractivity contribution in [2.24, 2.45) is 0 Å². The Labute approximate surface area is 181 Å². The minimum Gasteiger partial charge on any atom is -0.399 e. The number of imidazole rings is 1. The zero-order chi connectivity index (χ0) is 21.6. The van der Waals surface area contributed by atoms with Gasteiger partial charge < -0.3 is 30.4 Å². The van der Waals surface area contributed by atoms with Crippen molar-refractivity contribution in [3.05, 3.63) is 36.2 Å². The highest BCUT2D eigenvalue weighted by atomic mass is 16.5. The number of hydrogen-bond donors (Lipinski definition) is 3. The molecule has 0 amide bonds. The van der Waals surface area contributed by atoms with Crippen LogP contribution in [0, 0.1) is 0 Å². The summed E-state index contributed by atoms with van der Waals surface area (Å²) in [4.78, 5) is 18.3. The third-order valence-electron chi connectivity index (χ3n) is 5.43. The van der Waals surface area contributed by atoms with E-state index in [2.05, 4.69) is 24.8 Å². The number of nitrogens with two attached hydrogens (primary N) is 1. The van der Waals surface area contributed by atoms with E-state index in [1.165, 1.54) is 0 Å². The molecule has 0 spiro atoms. The number of aromatic nitrogens is 4. The van der Waals surface area contributed by atoms with Crippen LogP contribution < -0.4 is 16.0 Å². The van der Waals surface area contributed by atoms with Crippen molar-refractivity contribution in [2.45, 2.75) is 13.1 Å². The molecule has 0 atom stereocenters. The Hall–Kier alpha value is -2.95. The molecule has 0 saturated carbocycles. The number of hydrogen-bond acceptors (Lipinski definition) is 9. The quantitative estimate of drug-likeness (QED) is 0.427. The normalized spacial score (nSPS) is 14.8. The van der Waals surface area contributed by atoms with Gasteiger partial charge in [-0.25, -0.2) is 4.98 Å². The van der Waals surface area contributed by atoms with E-state index >= 15 is 0 Å². The molecule has 0 radical (unpaired) electrons. The summed E-state index contributed by atoms with van der Waals surface area (Å²) in [5.74, 6) is 1.22. The first-order valence-electron chi connectivity index (χ1n) is 10.6. The van der Waals surface area contributed by atoms with E-state index in [1.807, 2.05) is 42.5 Å². The Morgan fingerprint density at radius 3 is 2.68 bits per heavy atom. The lowest BCUT2D eigenvalue weighted by molar-refractivity contribution is 0.0365. The Balaban J connectivity index is 1.58. The van der Waals surface area contributed by atoms with Gasteiger partial charge in [-0.05, 0) is 17.7 Å². The summed E-state index contributed by atoms with van der Waals surface area (Å²) in [7, 11) is 1.87. The van der Waals surface area contributed by atoms with Gasteiger partial charge in [-0.3, -0.25) is 4.90 Å². The van der Waals surface area contributed by atoms with E-state index in [4.69, 9.17) is 15.5 Å². The maximum atomic E-state index is 9.34. The first kappa shape index (κ1) is 21.3. The number of ether oxygens (including phenoxy) is 1. The molecule has 1 aliphatic rings. The lowest BCUT2D eigenvalue weighted by atomic mass is 10.2. The lowest BCUT2D eigenvalue weighted by Gasteiger charge is -2.26. The van der Waals surface area contributed by atoms with E-state index in [0.717, 1.165) is 61.8 Å². The molecule has 0 bridgehead atoms. The summed E-state index contributed by atoms with van der Waals surface area (Å²) < 4.78 is 7.50. The second-order valence-electron chi connectivity index (χ2n) is 7.68. The van der Waals surface area contributed by atoms with Gasteiger partial charge in [-0.1, -0.05) is 12.1 Å². The van der Waals surface area contributed by atoms with Gasteiger partial charge >= 0.3 is 0 Å². The van der Waals surface area contributed by atoms with Crippen LogP contribution in [0.5, 0.6) is 0 Å². The molecule has 10 heteroatoms. The van der Waals surface area contributed by atoms with Crippen molar-refractivity contribution < 1.29 is 9.84 Å². The molecule has 1 aliphatic heterocycles. The van der Waals surface area contributed by atoms with Crippen molar-refractivity contribution in [3.63, 3.8) is 0 Å². The number of anilines is 3. The number of morpholine rings is 1.